The fourth-order valence-corrected chi connectivity index (χ4v) is 4.03. The van der Waals surface area contributed by atoms with Crippen LogP contribution in [0.1, 0.15) is 22.6 Å². The van der Waals surface area contributed by atoms with Crippen LogP contribution in [0.5, 0.6) is 0 Å². The van der Waals surface area contributed by atoms with Gasteiger partial charge < -0.3 is 5.73 Å². The van der Waals surface area contributed by atoms with Crippen molar-refractivity contribution in [3.05, 3.63) is 65.2 Å². The van der Waals surface area contributed by atoms with Crippen LogP contribution in [0.3, 0.4) is 0 Å². The molecule has 3 rings (SSSR count). The highest BCUT2D eigenvalue weighted by Crippen LogP contribution is 2.41. The van der Waals surface area contributed by atoms with E-state index in [1.807, 2.05) is 11.8 Å². The summed E-state index contributed by atoms with van der Waals surface area (Å²) >= 11 is 1.94. The van der Waals surface area contributed by atoms with E-state index in [2.05, 4.69) is 55.5 Å². The van der Waals surface area contributed by atoms with Crippen LogP contribution in [-0.2, 0) is 6.42 Å². The molecule has 1 heterocycles. The van der Waals surface area contributed by atoms with E-state index >= 15 is 0 Å². The monoisotopic (exact) mass is 269 g/mol. The van der Waals surface area contributed by atoms with Gasteiger partial charge in [0.05, 0.1) is 0 Å². The van der Waals surface area contributed by atoms with Gasteiger partial charge in [0.1, 0.15) is 0 Å². The molecular weight excluding hydrogens is 250 g/mol. The van der Waals surface area contributed by atoms with Gasteiger partial charge >= 0.3 is 0 Å². The van der Waals surface area contributed by atoms with Crippen LogP contribution < -0.4 is 5.73 Å². The highest BCUT2D eigenvalue weighted by atomic mass is 32.2. The van der Waals surface area contributed by atoms with Gasteiger partial charge in [-0.3, -0.25) is 0 Å². The largest absolute Gasteiger partial charge is 0.327 e. The van der Waals surface area contributed by atoms with Crippen LogP contribution in [0.4, 0.5) is 0 Å². The maximum absolute atomic E-state index is 6.45. The van der Waals surface area contributed by atoms with E-state index in [0.29, 0.717) is 5.92 Å². The molecule has 2 unspecified atom stereocenters. The molecule has 1 nitrogen and oxygen atoms in total. The number of fused-ring (bicyclic) bond motifs is 1. The highest BCUT2D eigenvalue weighted by molar-refractivity contribution is 7.99. The second-order valence-electron chi connectivity index (χ2n) is 5.31. The zero-order valence-corrected chi connectivity index (χ0v) is 12.0. The van der Waals surface area contributed by atoms with Gasteiger partial charge in [0.15, 0.2) is 0 Å². The van der Waals surface area contributed by atoms with Crippen LogP contribution in [0.25, 0.3) is 0 Å². The lowest BCUT2D eigenvalue weighted by atomic mass is 9.89. The maximum atomic E-state index is 6.45. The van der Waals surface area contributed by atoms with E-state index < -0.39 is 0 Å². The van der Waals surface area contributed by atoms with Gasteiger partial charge in [-0.25, -0.2) is 0 Å². The minimum atomic E-state index is 0.207. The molecule has 2 heteroatoms. The first-order valence-electron chi connectivity index (χ1n) is 6.77. The molecule has 1 aliphatic heterocycles. The Labute approximate surface area is 119 Å². The summed E-state index contributed by atoms with van der Waals surface area (Å²) in [6.07, 6.45) is 0.958. The second kappa shape index (κ2) is 5.40. The standard InChI is InChI=1S/C17H19NS/c1-12-6-8-13(9-7-12)10-16(18)15-11-19-17-5-3-2-4-14(15)17/h2-9,15-16H,10-11,18H2,1H3. The third kappa shape index (κ3) is 2.70. The van der Waals surface area contributed by atoms with Crippen LogP contribution in [0.2, 0.25) is 0 Å². The first-order chi connectivity index (χ1) is 9.24. The molecule has 0 aromatic heterocycles. The minimum Gasteiger partial charge on any atom is -0.327 e. The Morgan fingerprint density at radius 1 is 1.16 bits per heavy atom. The van der Waals surface area contributed by atoms with Crippen LogP contribution in [-0.4, -0.2) is 11.8 Å². The van der Waals surface area contributed by atoms with E-state index in [1.165, 1.54) is 21.6 Å². The number of nitrogens with two attached hydrogens (primary N) is 1. The zero-order valence-electron chi connectivity index (χ0n) is 11.2. The van der Waals surface area contributed by atoms with Crippen molar-refractivity contribution in [1.82, 2.24) is 0 Å². The normalized spacial score (nSPS) is 19.2. The predicted octanol–water partition coefficient (Wildman–Crippen LogP) is 3.75. The SMILES string of the molecule is Cc1ccc(CC(N)C2CSc3ccccc32)cc1. The van der Waals surface area contributed by atoms with Crippen LogP contribution >= 0.6 is 11.8 Å². The molecule has 0 saturated heterocycles. The number of aryl methyl sites for hydroxylation is 1. The van der Waals surface area contributed by atoms with E-state index in [1.54, 1.807) is 0 Å². The number of rotatable bonds is 3. The molecule has 1 aliphatic rings. The van der Waals surface area contributed by atoms with Gasteiger partial charge in [-0.05, 0) is 30.5 Å². The third-order valence-electron chi connectivity index (χ3n) is 3.85. The molecule has 0 aliphatic carbocycles. The summed E-state index contributed by atoms with van der Waals surface area (Å²) < 4.78 is 0. The smallest absolute Gasteiger partial charge is 0.0157 e. The Kier molecular flexibility index (Phi) is 3.63. The van der Waals surface area contributed by atoms with Gasteiger partial charge in [0.25, 0.3) is 0 Å². The van der Waals surface area contributed by atoms with Crippen molar-refractivity contribution < 1.29 is 0 Å². The second-order valence-corrected chi connectivity index (χ2v) is 6.37. The summed E-state index contributed by atoms with van der Waals surface area (Å²) in [7, 11) is 0. The summed E-state index contributed by atoms with van der Waals surface area (Å²) in [6, 6.07) is 17.6. The Morgan fingerprint density at radius 2 is 1.89 bits per heavy atom. The summed E-state index contributed by atoms with van der Waals surface area (Å²) in [5.74, 6) is 1.61. The van der Waals surface area contributed by atoms with Crippen molar-refractivity contribution in [2.75, 3.05) is 5.75 Å². The van der Waals surface area contributed by atoms with E-state index in [-0.39, 0.29) is 6.04 Å². The number of hydrogen-bond donors (Lipinski definition) is 1. The molecule has 0 bridgehead atoms. The predicted molar refractivity (Wildman–Crippen MR) is 82.8 cm³/mol. The Balaban J connectivity index is 1.75. The Hall–Kier alpha value is -1.25. The first kappa shape index (κ1) is 12.8. The molecule has 0 spiro atoms. The number of benzene rings is 2. The van der Waals surface area contributed by atoms with E-state index in [9.17, 15) is 0 Å². The molecule has 0 amide bonds. The highest BCUT2D eigenvalue weighted by Gasteiger charge is 2.27. The van der Waals surface area contributed by atoms with Crippen molar-refractivity contribution in [3.8, 4) is 0 Å². The fraction of sp³-hybridized carbons (Fsp3) is 0.294. The minimum absolute atomic E-state index is 0.207. The summed E-state index contributed by atoms with van der Waals surface area (Å²) in [5, 5.41) is 0. The van der Waals surface area contributed by atoms with Crippen molar-refractivity contribution in [2.24, 2.45) is 5.73 Å². The molecule has 0 saturated carbocycles. The van der Waals surface area contributed by atoms with E-state index in [4.69, 9.17) is 5.73 Å². The average Bonchev–Trinajstić information content (AvgIpc) is 2.85. The molecule has 19 heavy (non-hydrogen) atoms. The Morgan fingerprint density at radius 3 is 2.68 bits per heavy atom. The molecule has 0 fully saturated rings. The number of hydrogen-bond acceptors (Lipinski definition) is 2. The molecule has 2 aromatic rings. The fourth-order valence-electron chi connectivity index (χ4n) is 2.68. The third-order valence-corrected chi connectivity index (χ3v) is 5.05. The van der Waals surface area contributed by atoms with Gasteiger partial charge in [-0.15, -0.1) is 11.8 Å². The van der Waals surface area contributed by atoms with Crippen molar-refractivity contribution in [2.45, 2.75) is 30.2 Å². The topological polar surface area (TPSA) is 26.0 Å². The number of thioether (sulfide) groups is 1. The first-order valence-corrected chi connectivity index (χ1v) is 7.75. The summed E-state index contributed by atoms with van der Waals surface area (Å²) in [4.78, 5) is 1.41. The molecule has 0 radical (unpaired) electrons. The van der Waals surface area contributed by atoms with Gasteiger partial charge in [-0.1, -0.05) is 48.0 Å². The van der Waals surface area contributed by atoms with Crippen molar-refractivity contribution in [1.29, 1.82) is 0 Å². The van der Waals surface area contributed by atoms with E-state index in [0.717, 1.165) is 12.2 Å². The van der Waals surface area contributed by atoms with Crippen molar-refractivity contribution >= 4 is 11.8 Å². The lowest BCUT2D eigenvalue weighted by molar-refractivity contribution is 0.572. The lowest BCUT2D eigenvalue weighted by Crippen LogP contribution is -2.30. The van der Waals surface area contributed by atoms with Gasteiger partial charge in [-0.2, -0.15) is 0 Å². The lowest BCUT2D eigenvalue weighted by Gasteiger charge is -2.19. The van der Waals surface area contributed by atoms with Gasteiger partial charge in [0, 0.05) is 22.6 Å². The zero-order chi connectivity index (χ0) is 13.2. The van der Waals surface area contributed by atoms with Crippen LogP contribution in [0, 0.1) is 6.92 Å². The van der Waals surface area contributed by atoms with Gasteiger partial charge in [0.2, 0.25) is 0 Å². The molecular formula is C17H19NS. The maximum Gasteiger partial charge on any atom is 0.0157 e. The van der Waals surface area contributed by atoms with Crippen molar-refractivity contribution in [3.63, 3.8) is 0 Å². The summed E-state index contributed by atoms with van der Waals surface area (Å²) in [5.41, 5.74) is 10.5. The quantitative estimate of drug-likeness (QED) is 0.918. The average molecular weight is 269 g/mol. The summed E-state index contributed by atoms with van der Waals surface area (Å²) in [6.45, 7) is 2.12. The molecule has 2 atom stereocenters. The molecule has 2 aromatic carbocycles. The Bertz CT molecular complexity index is 562. The molecule has 2 N–H and O–H groups in total. The molecule has 98 valence electrons. The van der Waals surface area contributed by atoms with Crippen LogP contribution in [0.15, 0.2) is 53.4 Å².